The van der Waals surface area contributed by atoms with E-state index in [0.29, 0.717) is 17.7 Å². The number of imidazole rings is 1. The average molecular weight is 395 g/mol. The Bertz CT molecular complexity index is 1090. The van der Waals surface area contributed by atoms with Crippen LogP contribution in [0.4, 0.5) is 10.5 Å². The van der Waals surface area contributed by atoms with Crippen LogP contribution in [0, 0.1) is 0 Å². The highest BCUT2D eigenvalue weighted by Gasteiger charge is 2.31. The summed E-state index contributed by atoms with van der Waals surface area (Å²) in [7, 11) is 1.71. The summed E-state index contributed by atoms with van der Waals surface area (Å²) >= 11 is 0. The third-order valence-electron chi connectivity index (χ3n) is 5.32. The number of pyridine rings is 1. The number of amides is 2. The Balaban J connectivity index is 1.50. The molecule has 0 saturated carbocycles. The molecule has 4 rings (SSSR count). The molecule has 0 spiro atoms. The highest BCUT2D eigenvalue weighted by Crippen LogP contribution is 2.27. The lowest BCUT2D eigenvalue weighted by atomic mass is 10.0. The highest BCUT2D eigenvalue weighted by atomic mass is 16.5. The molecule has 1 fully saturated rings. The first-order valence-electron chi connectivity index (χ1n) is 9.86. The lowest BCUT2D eigenvalue weighted by Gasteiger charge is -2.32. The second kappa shape index (κ2) is 8.08. The fourth-order valence-electron chi connectivity index (χ4n) is 3.78. The van der Waals surface area contributed by atoms with E-state index in [1.165, 1.54) is 4.57 Å². The van der Waals surface area contributed by atoms with Gasteiger partial charge < -0.3 is 24.5 Å². The SMILES string of the molecule is CCn1ccnc1[C@H]1OCCC[C@@H]1NC(=O)Nc1ccc2ccn(C)c(=O)c2c1. The number of rotatable bonds is 4. The van der Waals surface area contributed by atoms with E-state index in [1.54, 1.807) is 31.6 Å². The molecule has 2 atom stereocenters. The molecule has 0 bridgehead atoms. The molecule has 2 amide bonds. The van der Waals surface area contributed by atoms with E-state index in [2.05, 4.69) is 15.6 Å². The predicted octanol–water partition coefficient (Wildman–Crippen LogP) is 2.80. The van der Waals surface area contributed by atoms with E-state index in [-0.39, 0.29) is 23.7 Å². The van der Waals surface area contributed by atoms with E-state index in [4.69, 9.17) is 4.74 Å². The Kier molecular flexibility index (Phi) is 5.35. The molecule has 152 valence electrons. The van der Waals surface area contributed by atoms with Crippen LogP contribution in [0.15, 0.2) is 47.7 Å². The average Bonchev–Trinajstić information content (AvgIpc) is 3.20. The minimum atomic E-state index is -0.327. The lowest BCUT2D eigenvalue weighted by molar-refractivity contribution is -0.0140. The van der Waals surface area contributed by atoms with Gasteiger partial charge in [0.05, 0.1) is 6.04 Å². The van der Waals surface area contributed by atoms with Crippen molar-refractivity contribution in [2.24, 2.45) is 7.05 Å². The van der Waals surface area contributed by atoms with E-state index in [1.807, 2.05) is 29.8 Å². The molecule has 3 heterocycles. The number of hydrogen-bond donors (Lipinski definition) is 2. The third kappa shape index (κ3) is 3.88. The van der Waals surface area contributed by atoms with Gasteiger partial charge in [0.25, 0.3) is 5.56 Å². The molecule has 0 unspecified atom stereocenters. The second-order valence-electron chi connectivity index (χ2n) is 7.24. The Labute approximate surface area is 168 Å². The Morgan fingerprint density at radius 3 is 3.00 bits per heavy atom. The van der Waals surface area contributed by atoms with Gasteiger partial charge in [-0.3, -0.25) is 4.79 Å². The Hall–Kier alpha value is -3.13. The summed E-state index contributed by atoms with van der Waals surface area (Å²) in [5.74, 6) is 0.826. The molecule has 1 aliphatic rings. The first-order chi connectivity index (χ1) is 14.1. The van der Waals surface area contributed by atoms with Crippen molar-refractivity contribution in [3.63, 3.8) is 0 Å². The van der Waals surface area contributed by atoms with E-state index >= 15 is 0 Å². The number of benzene rings is 1. The smallest absolute Gasteiger partial charge is 0.319 e. The molecule has 0 aliphatic carbocycles. The molecule has 0 radical (unpaired) electrons. The summed E-state index contributed by atoms with van der Waals surface area (Å²) in [6.07, 6.45) is 6.80. The number of nitrogens with zero attached hydrogens (tertiary/aromatic N) is 3. The molecular weight excluding hydrogens is 370 g/mol. The minimum absolute atomic E-state index is 0.0984. The summed E-state index contributed by atoms with van der Waals surface area (Å²) in [4.78, 5) is 29.4. The largest absolute Gasteiger partial charge is 0.368 e. The molecule has 1 aromatic carbocycles. The van der Waals surface area contributed by atoms with Gasteiger partial charge in [-0.2, -0.15) is 0 Å². The molecule has 2 N–H and O–H groups in total. The van der Waals surface area contributed by atoms with Crippen molar-refractivity contribution >= 4 is 22.5 Å². The van der Waals surface area contributed by atoms with Crippen LogP contribution < -0.4 is 16.2 Å². The zero-order valence-electron chi connectivity index (χ0n) is 16.6. The van der Waals surface area contributed by atoms with Crippen LogP contribution in [0.2, 0.25) is 0 Å². The third-order valence-corrected chi connectivity index (χ3v) is 5.32. The Morgan fingerprint density at radius 1 is 1.31 bits per heavy atom. The van der Waals surface area contributed by atoms with Crippen molar-refractivity contribution in [1.29, 1.82) is 0 Å². The topological polar surface area (TPSA) is 90.2 Å². The van der Waals surface area contributed by atoms with Gasteiger partial charge in [-0.15, -0.1) is 0 Å². The molecule has 8 heteroatoms. The maximum absolute atomic E-state index is 12.6. The molecule has 2 aromatic heterocycles. The van der Waals surface area contributed by atoms with Gasteiger partial charge in [0, 0.05) is 49.9 Å². The number of nitrogens with one attached hydrogen (secondary N) is 2. The number of anilines is 1. The quantitative estimate of drug-likeness (QED) is 0.711. The number of carbonyl (C=O) groups excluding carboxylic acids is 1. The molecule has 8 nitrogen and oxygen atoms in total. The highest BCUT2D eigenvalue weighted by molar-refractivity contribution is 5.93. The molecule has 1 aliphatic heterocycles. The number of aryl methyl sites for hydroxylation is 2. The maximum atomic E-state index is 12.6. The molecular formula is C21H25N5O3. The van der Waals surface area contributed by atoms with Crippen molar-refractivity contribution in [2.45, 2.75) is 38.5 Å². The van der Waals surface area contributed by atoms with Crippen LogP contribution in [0.1, 0.15) is 31.7 Å². The van der Waals surface area contributed by atoms with Crippen LogP contribution in [-0.4, -0.2) is 32.8 Å². The van der Waals surface area contributed by atoms with Crippen molar-refractivity contribution < 1.29 is 9.53 Å². The summed E-state index contributed by atoms with van der Waals surface area (Å²) in [6, 6.07) is 6.70. The van der Waals surface area contributed by atoms with Crippen LogP contribution in [0.25, 0.3) is 10.8 Å². The van der Waals surface area contributed by atoms with Crippen molar-refractivity contribution in [3.8, 4) is 0 Å². The van der Waals surface area contributed by atoms with Gasteiger partial charge in [0.1, 0.15) is 11.9 Å². The van der Waals surface area contributed by atoms with E-state index in [0.717, 1.165) is 30.6 Å². The van der Waals surface area contributed by atoms with Crippen molar-refractivity contribution in [2.75, 3.05) is 11.9 Å². The minimum Gasteiger partial charge on any atom is -0.368 e. The first kappa shape index (κ1) is 19.2. The second-order valence-corrected chi connectivity index (χ2v) is 7.24. The lowest BCUT2D eigenvalue weighted by Crippen LogP contribution is -2.45. The molecule has 29 heavy (non-hydrogen) atoms. The van der Waals surface area contributed by atoms with Crippen LogP contribution in [-0.2, 0) is 18.3 Å². The van der Waals surface area contributed by atoms with Crippen LogP contribution in [0.5, 0.6) is 0 Å². The number of aromatic nitrogens is 3. The fourth-order valence-corrected chi connectivity index (χ4v) is 3.78. The number of hydrogen-bond acceptors (Lipinski definition) is 4. The summed E-state index contributed by atoms with van der Waals surface area (Å²) < 4.78 is 9.49. The van der Waals surface area contributed by atoms with Gasteiger partial charge in [-0.1, -0.05) is 6.07 Å². The van der Waals surface area contributed by atoms with Crippen LogP contribution in [0.3, 0.4) is 0 Å². The fraction of sp³-hybridized carbons (Fsp3) is 0.381. The van der Waals surface area contributed by atoms with Gasteiger partial charge in [-0.25, -0.2) is 9.78 Å². The van der Waals surface area contributed by atoms with Crippen LogP contribution >= 0.6 is 0 Å². The predicted molar refractivity (Wildman–Crippen MR) is 111 cm³/mol. The van der Waals surface area contributed by atoms with Gasteiger partial charge in [0.2, 0.25) is 0 Å². The standard InChI is InChI=1S/C21H25N5O3/c1-3-26-11-9-22-19(26)18-17(5-4-12-29-18)24-21(28)23-15-7-6-14-8-10-25(2)20(27)16(14)13-15/h6-11,13,17-18H,3-5,12H2,1-2H3,(H2,23,24,28)/t17-,18-/m0/s1. The van der Waals surface area contributed by atoms with E-state index < -0.39 is 0 Å². The zero-order valence-corrected chi connectivity index (χ0v) is 16.6. The summed E-state index contributed by atoms with van der Waals surface area (Å²) in [5.41, 5.74) is 0.473. The normalized spacial score (nSPS) is 19.2. The number of fused-ring (bicyclic) bond motifs is 1. The Morgan fingerprint density at radius 2 is 2.17 bits per heavy atom. The number of ether oxygens (including phenoxy) is 1. The number of carbonyl (C=O) groups is 1. The van der Waals surface area contributed by atoms with E-state index in [9.17, 15) is 9.59 Å². The van der Waals surface area contributed by atoms with Crippen molar-refractivity contribution in [3.05, 3.63) is 59.0 Å². The molecule has 3 aromatic rings. The molecule has 1 saturated heterocycles. The number of urea groups is 1. The summed E-state index contributed by atoms with van der Waals surface area (Å²) in [6.45, 7) is 3.49. The van der Waals surface area contributed by atoms with Crippen molar-refractivity contribution in [1.82, 2.24) is 19.4 Å². The van der Waals surface area contributed by atoms with Gasteiger partial charge >= 0.3 is 6.03 Å². The summed E-state index contributed by atoms with van der Waals surface area (Å²) in [5, 5.41) is 7.27. The first-order valence-corrected chi connectivity index (χ1v) is 9.86. The zero-order chi connectivity index (χ0) is 20.4. The monoisotopic (exact) mass is 395 g/mol. The maximum Gasteiger partial charge on any atom is 0.319 e. The van der Waals surface area contributed by atoms with Gasteiger partial charge in [-0.05, 0) is 43.4 Å². The van der Waals surface area contributed by atoms with Gasteiger partial charge in [0.15, 0.2) is 0 Å².